The van der Waals surface area contributed by atoms with E-state index in [1.54, 1.807) is 0 Å². The number of guanidine groups is 1. The molecule has 2 N–H and O–H groups in total. The van der Waals surface area contributed by atoms with E-state index in [0.29, 0.717) is 12.0 Å². The number of aryl methyl sites for hydroxylation is 1. The van der Waals surface area contributed by atoms with E-state index in [1.165, 1.54) is 11.1 Å². The zero-order valence-corrected chi connectivity index (χ0v) is 13.5. The van der Waals surface area contributed by atoms with Crippen molar-refractivity contribution in [1.82, 2.24) is 9.80 Å². The van der Waals surface area contributed by atoms with Gasteiger partial charge in [-0.15, -0.1) is 0 Å². The highest BCUT2D eigenvalue weighted by Gasteiger charge is 2.27. The summed E-state index contributed by atoms with van der Waals surface area (Å²) < 4.78 is 0. The molecule has 1 heterocycles. The van der Waals surface area contributed by atoms with Crippen molar-refractivity contribution in [3.05, 3.63) is 35.4 Å². The number of likely N-dealkylation sites (N-methyl/N-ethyl adjacent to an activating group) is 1. The van der Waals surface area contributed by atoms with Gasteiger partial charge in [0.2, 0.25) is 0 Å². The summed E-state index contributed by atoms with van der Waals surface area (Å²) in [5.74, 6) is 0.687. The molecule has 0 saturated heterocycles. The summed E-state index contributed by atoms with van der Waals surface area (Å²) in [6, 6.07) is 9.18. The number of rotatable bonds is 7. The molecule has 1 aliphatic rings. The Morgan fingerprint density at radius 1 is 1.19 bits per heavy atom. The van der Waals surface area contributed by atoms with Crippen LogP contribution in [0.15, 0.2) is 29.3 Å². The van der Waals surface area contributed by atoms with E-state index in [4.69, 9.17) is 5.73 Å². The fourth-order valence-corrected chi connectivity index (χ4v) is 2.85. The summed E-state index contributed by atoms with van der Waals surface area (Å²) in [6.45, 7) is 11.5. The molecule has 0 spiro atoms. The first-order chi connectivity index (χ1) is 10.2. The predicted molar refractivity (Wildman–Crippen MR) is 89.5 cm³/mol. The molecule has 0 radical (unpaired) electrons. The van der Waals surface area contributed by atoms with Crippen LogP contribution in [0.4, 0.5) is 0 Å². The molecular weight excluding hydrogens is 260 g/mol. The third kappa shape index (κ3) is 3.76. The maximum Gasteiger partial charge on any atom is 0.191 e. The van der Waals surface area contributed by atoms with Crippen molar-refractivity contribution < 1.29 is 0 Å². The van der Waals surface area contributed by atoms with E-state index in [2.05, 4.69) is 59.8 Å². The summed E-state index contributed by atoms with van der Waals surface area (Å²) in [7, 11) is 0. The highest BCUT2D eigenvalue weighted by atomic mass is 15.3. The van der Waals surface area contributed by atoms with Crippen molar-refractivity contribution in [2.24, 2.45) is 10.7 Å². The second-order valence-corrected chi connectivity index (χ2v) is 5.53. The minimum Gasteiger partial charge on any atom is -0.370 e. The minimum absolute atomic E-state index is 0.298. The monoisotopic (exact) mass is 288 g/mol. The van der Waals surface area contributed by atoms with Crippen molar-refractivity contribution in [2.45, 2.75) is 33.2 Å². The molecule has 4 nitrogen and oxygen atoms in total. The fraction of sp³-hybridized carbons (Fsp3) is 0.588. The van der Waals surface area contributed by atoms with Gasteiger partial charge in [-0.25, -0.2) is 0 Å². The van der Waals surface area contributed by atoms with Crippen LogP contribution >= 0.6 is 0 Å². The van der Waals surface area contributed by atoms with Gasteiger partial charge in [0, 0.05) is 13.1 Å². The van der Waals surface area contributed by atoms with Crippen molar-refractivity contribution in [1.29, 1.82) is 0 Å². The summed E-state index contributed by atoms with van der Waals surface area (Å²) in [6.07, 6.45) is 1.08. The van der Waals surface area contributed by atoms with Crippen molar-refractivity contribution in [2.75, 3.05) is 32.7 Å². The zero-order chi connectivity index (χ0) is 15.2. The van der Waals surface area contributed by atoms with Crippen LogP contribution in [0.1, 0.15) is 37.9 Å². The largest absolute Gasteiger partial charge is 0.370 e. The summed E-state index contributed by atoms with van der Waals surface area (Å²) >= 11 is 0. The van der Waals surface area contributed by atoms with Gasteiger partial charge < -0.3 is 15.5 Å². The minimum atomic E-state index is 0.298. The van der Waals surface area contributed by atoms with Gasteiger partial charge in [0.25, 0.3) is 0 Å². The fourth-order valence-electron chi connectivity index (χ4n) is 2.85. The van der Waals surface area contributed by atoms with Crippen molar-refractivity contribution in [3.63, 3.8) is 0 Å². The molecule has 21 heavy (non-hydrogen) atoms. The van der Waals surface area contributed by atoms with Crippen LogP contribution in [0, 0.1) is 0 Å². The molecule has 0 aliphatic carbocycles. The van der Waals surface area contributed by atoms with Gasteiger partial charge in [-0.3, -0.25) is 4.99 Å². The number of nitrogens with zero attached hydrogens (tertiary/aromatic N) is 3. The molecule has 0 amide bonds. The van der Waals surface area contributed by atoms with E-state index in [-0.39, 0.29) is 0 Å². The van der Waals surface area contributed by atoms with Crippen LogP contribution in [0.2, 0.25) is 0 Å². The second kappa shape index (κ2) is 7.46. The van der Waals surface area contributed by atoms with E-state index >= 15 is 0 Å². The maximum atomic E-state index is 6.09. The second-order valence-electron chi connectivity index (χ2n) is 5.53. The summed E-state index contributed by atoms with van der Waals surface area (Å²) in [4.78, 5) is 9.12. The van der Waals surface area contributed by atoms with Gasteiger partial charge in [0.15, 0.2) is 5.96 Å². The van der Waals surface area contributed by atoms with Gasteiger partial charge in [-0.05, 0) is 30.6 Å². The van der Waals surface area contributed by atoms with Gasteiger partial charge in [-0.2, -0.15) is 0 Å². The lowest BCUT2D eigenvalue weighted by atomic mass is 10.0. The first kappa shape index (κ1) is 15.8. The van der Waals surface area contributed by atoms with Crippen LogP contribution in [0.25, 0.3) is 0 Å². The lowest BCUT2D eigenvalue weighted by Gasteiger charge is -2.29. The lowest BCUT2D eigenvalue weighted by molar-refractivity contribution is 0.248. The van der Waals surface area contributed by atoms with Gasteiger partial charge in [0.1, 0.15) is 0 Å². The highest BCUT2D eigenvalue weighted by molar-refractivity contribution is 5.80. The van der Waals surface area contributed by atoms with Gasteiger partial charge in [0.05, 0.1) is 12.6 Å². The predicted octanol–water partition coefficient (Wildman–Crippen LogP) is 2.26. The Morgan fingerprint density at radius 2 is 1.86 bits per heavy atom. The molecule has 1 atom stereocenters. The van der Waals surface area contributed by atoms with Crippen LogP contribution < -0.4 is 5.73 Å². The molecule has 0 bridgehead atoms. The molecule has 116 valence electrons. The molecule has 0 aromatic heterocycles. The molecule has 2 rings (SSSR count). The lowest BCUT2D eigenvalue weighted by Crippen LogP contribution is -2.41. The molecule has 0 saturated carbocycles. The third-order valence-corrected chi connectivity index (χ3v) is 4.42. The molecule has 1 aliphatic heterocycles. The molecule has 1 unspecified atom stereocenters. The smallest absolute Gasteiger partial charge is 0.191 e. The summed E-state index contributed by atoms with van der Waals surface area (Å²) in [5, 5.41) is 0. The van der Waals surface area contributed by atoms with Crippen LogP contribution in [0.3, 0.4) is 0 Å². The first-order valence-corrected chi connectivity index (χ1v) is 8.07. The average molecular weight is 288 g/mol. The number of aliphatic imine (C=N–C) groups is 1. The zero-order valence-electron chi connectivity index (χ0n) is 13.5. The topological polar surface area (TPSA) is 44.9 Å². The number of benzene rings is 1. The SMILES string of the molecule is CCc1ccc(C2CN=C(N)N2CCN(CC)CC)cc1. The Kier molecular flexibility index (Phi) is 5.62. The van der Waals surface area contributed by atoms with E-state index < -0.39 is 0 Å². The van der Waals surface area contributed by atoms with Crippen molar-refractivity contribution in [3.8, 4) is 0 Å². The number of nitrogens with two attached hydrogens (primary N) is 1. The normalized spacial score (nSPS) is 18.4. The maximum absolute atomic E-state index is 6.09. The van der Waals surface area contributed by atoms with Gasteiger partial charge >= 0.3 is 0 Å². The van der Waals surface area contributed by atoms with E-state index in [0.717, 1.165) is 39.1 Å². The Labute approximate surface area is 128 Å². The Hall–Kier alpha value is -1.55. The van der Waals surface area contributed by atoms with Crippen LogP contribution in [-0.2, 0) is 6.42 Å². The quantitative estimate of drug-likeness (QED) is 0.837. The molecule has 1 aromatic carbocycles. The molecule has 1 aromatic rings. The standard InChI is InChI=1S/C17H28N4/c1-4-14-7-9-15(10-8-14)16-13-19-17(18)21(16)12-11-20(5-2)6-3/h7-10,16H,4-6,11-13H2,1-3H3,(H2,18,19). The third-order valence-electron chi connectivity index (χ3n) is 4.42. The van der Waals surface area contributed by atoms with Crippen molar-refractivity contribution >= 4 is 5.96 Å². The highest BCUT2D eigenvalue weighted by Crippen LogP contribution is 2.25. The Balaban J connectivity index is 2.04. The van der Waals surface area contributed by atoms with E-state index in [1.807, 2.05) is 0 Å². The molecular formula is C17H28N4. The Bertz CT molecular complexity index is 462. The van der Waals surface area contributed by atoms with Crippen LogP contribution in [-0.4, -0.2) is 48.5 Å². The van der Waals surface area contributed by atoms with E-state index in [9.17, 15) is 0 Å². The van der Waals surface area contributed by atoms with Crippen LogP contribution in [0.5, 0.6) is 0 Å². The molecule has 4 heteroatoms. The summed E-state index contributed by atoms with van der Waals surface area (Å²) in [5.41, 5.74) is 8.78. The number of hydrogen-bond acceptors (Lipinski definition) is 4. The first-order valence-electron chi connectivity index (χ1n) is 8.07. The molecule has 0 fully saturated rings. The Morgan fingerprint density at radius 3 is 2.43 bits per heavy atom. The average Bonchev–Trinajstić information content (AvgIpc) is 2.89. The number of hydrogen-bond donors (Lipinski definition) is 1. The van der Waals surface area contributed by atoms with Gasteiger partial charge in [-0.1, -0.05) is 45.0 Å².